The Morgan fingerprint density at radius 3 is 2.83 bits per heavy atom. The van der Waals surface area contributed by atoms with Gasteiger partial charge in [0.15, 0.2) is 6.61 Å². The van der Waals surface area contributed by atoms with E-state index in [9.17, 15) is 9.59 Å². The van der Waals surface area contributed by atoms with Crippen LogP contribution in [0.3, 0.4) is 0 Å². The van der Waals surface area contributed by atoms with Crippen LogP contribution in [0.15, 0.2) is 23.6 Å². The molecule has 2 aromatic rings. The van der Waals surface area contributed by atoms with Crippen molar-refractivity contribution in [2.45, 2.75) is 53.0 Å². The first-order valence-corrected chi connectivity index (χ1v) is 11.0. The number of benzene rings is 1. The minimum absolute atomic E-state index is 0.0857. The van der Waals surface area contributed by atoms with E-state index in [1.165, 1.54) is 4.90 Å². The highest BCUT2D eigenvalue weighted by atomic mass is 32.1. The molecular weight excluding hydrogens is 388 g/mol. The number of aromatic nitrogens is 1. The third kappa shape index (κ3) is 4.78. The van der Waals surface area contributed by atoms with Crippen molar-refractivity contribution in [3.8, 4) is 17.0 Å². The molecule has 1 aliphatic heterocycles. The summed E-state index contributed by atoms with van der Waals surface area (Å²) >= 11 is 1.64. The van der Waals surface area contributed by atoms with E-state index < -0.39 is 6.04 Å². The Morgan fingerprint density at radius 1 is 1.34 bits per heavy atom. The second-order valence-electron chi connectivity index (χ2n) is 7.56. The number of esters is 1. The second-order valence-corrected chi connectivity index (χ2v) is 8.50. The molecule has 2 heterocycles. The first-order chi connectivity index (χ1) is 13.9. The van der Waals surface area contributed by atoms with Gasteiger partial charge in [-0.25, -0.2) is 9.78 Å². The topological polar surface area (TPSA) is 68.7 Å². The van der Waals surface area contributed by atoms with Gasteiger partial charge in [0.25, 0.3) is 5.91 Å². The number of ether oxygens (including phenoxy) is 2. The lowest BCUT2D eigenvalue weighted by atomic mass is 10.1. The summed E-state index contributed by atoms with van der Waals surface area (Å²) in [5, 5.41) is 3.12. The van der Waals surface area contributed by atoms with Crippen molar-refractivity contribution in [2.24, 2.45) is 5.92 Å². The summed E-state index contributed by atoms with van der Waals surface area (Å²) in [6, 6.07) is 4.99. The summed E-state index contributed by atoms with van der Waals surface area (Å²) in [5.41, 5.74) is 2.36. The van der Waals surface area contributed by atoms with Crippen LogP contribution in [0.1, 0.15) is 45.5 Å². The van der Waals surface area contributed by atoms with Gasteiger partial charge in [0.1, 0.15) is 11.8 Å². The lowest BCUT2D eigenvalue weighted by Crippen LogP contribution is -2.50. The molecule has 0 aliphatic carbocycles. The normalized spacial score (nSPS) is 14.5. The van der Waals surface area contributed by atoms with Crippen molar-refractivity contribution in [1.82, 2.24) is 4.98 Å². The molecule has 0 spiro atoms. The monoisotopic (exact) mass is 416 g/mol. The number of rotatable bonds is 8. The van der Waals surface area contributed by atoms with Crippen LogP contribution in [0.2, 0.25) is 0 Å². The molecule has 0 radical (unpaired) electrons. The van der Waals surface area contributed by atoms with Crippen molar-refractivity contribution in [1.29, 1.82) is 0 Å². The molecule has 1 aromatic heterocycles. The first kappa shape index (κ1) is 21.3. The lowest BCUT2D eigenvalue weighted by Gasteiger charge is -2.34. The predicted octanol–water partition coefficient (Wildman–Crippen LogP) is 4.47. The van der Waals surface area contributed by atoms with Crippen LogP contribution in [0.4, 0.5) is 5.69 Å². The Labute approximate surface area is 175 Å². The molecule has 3 rings (SSSR count). The van der Waals surface area contributed by atoms with E-state index in [1.54, 1.807) is 11.3 Å². The van der Waals surface area contributed by atoms with E-state index in [0.717, 1.165) is 29.1 Å². The van der Waals surface area contributed by atoms with Gasteiger partial charge in [-0.15, -0.1) is 11.3 Å². The van der Waals surface area contributed by atoms with E-state index in [0.29, 0.717) is 24.5 Å². The zero-order chi connectivity index (χ0) is 21.0. The average Bonchev–Trinajstić information content (AvgIpc) is 3.17. The van der Waals surface area contributed by atoms with Gasteiger partial charge in [0.2, 0.25) is 0 Å². The Balaban J connectivity index is 1.93. The fourth-order valence-electron chi connectivity index (χ4n) is 3.24. The Morgan fingerprint density at radius 2 is 2.14 bits per heavy atom. The number of aryl methyl sites for hydroxylation is 1. The molecule has 0 bridgehead atoms. The highest BCUT2D eigenvalue weighted by Crippen LogP contribution is 2.38. The van der Waals surface area contributed by atoms with Gasteiger partial charge in [-0.2, -0.15) is 0 Å². The quantitative estimate of drug-likeness (QED) is 0.594. The smallest absolute Gasteiger partial charge is 0.329 e. The Kier molecular flexibility index (Phi) is 6.90. The molecule has 0 saturated carbocycles. The number of thiazole rings is 1. The lowest BCUT2D eigenvalue weighted by molar-refractivity contribution is -0.147. The van der Waals surface area contributed by atoms with Gasteiger partial charge >= 0.3 is 5.97 Å². The van der Waals surface area contributed by atoms with Crippen molar-refractivity contribution < 1.29 is 19.1 Å². The zero-order valence-electron chi connectivity index (χ0n) is 17.4. The van der Waals surface area contributed by atoms with Crippen LogP contribution in [0, 0.1) is 5.92 Å². The van der Waals surface area contributed by atoms with E-state index in [2.05, 4.69) is 6.92 Å². The molecule has 1 aromatic carbocycles. The molecule has 0 saturated heterocycles. The molecular formula is C22H28N2O4S. The van der Waals surface area contributed by atoms with Gasteiger partial charge in [-0.1, -0.05) is 27.7 Å². The molecule has 6 nitrogen and oxygen atoms in total. The first-order valence-electron chi connectivity index (χ1n) is 10.1. The van der Waals surface area contributed by atoms with E-state index in [-0.39, 0.29) is 24.4 Å². The number of anilines is 1. The third-order valence-corrected chi connectivity index (χ3v) is 5.59. The molecule has 1 amide bonds. The third-order valence-electron chi connectivity index (χ3n) is 4.68. The van der Waals surface area contributed by atoms with Crippen LogP contribution in [0.25, 0.3) is 11.3 Å². The van der Waals surface area contributed by atoms with Crippen LogP contribution in [-0.4, -0.2) is 36.1 Å². The number of carbonyl (C=O) groups is 2. The SMILES string of the molecule is CCCc1nc(-c2ccc3c(c2)N(C(CC)C(=O)OCC(C)C)C(=O)CO3)cs1. The molecule has 7 heteroatoms. The summed E-state index contributed by atoms with van der Waals surface area (Å²) in [5.74, 6) is 0.199. The van der Waals surface area contributed by atoms with Crippen LogP contribution >= 0.6 is 11.3 Å². The van der Waals surface area contributed by atoms with E-state index in [4.69, 9.17) is 14.5 Å². The van der Waals surface area contributed by atoms with E-state index >= 15 is 0 Å². The number of carbonyl (C=O) groups excluding carboxylic acids is 2. The number of hydrogen-bond acceptors (Lipinski definition) is 6. The van der Waals surface area contributed by atoms with Crippen LogP contribution < -0.4 is 9.64 Å². The number of hydrogen-bond donors (Lipinski definition) is 0. The van der Waals surface area contributed by atoms with E-state index in [1.807, 2.05) is 44.4 Å². The maximum Gasteiger partial charge on any atom is 0.329 e. The number of amides is 1. The van der Waals surface area contributed by atoms with Crippen molar-refractivity contribution >= 4 is 28.9 Å². The Hall–Kier alpha value is -2.41. The van der Waals surface area contributed by atoms with Gasteiger partial charge < -0.3 is 9.47 Å². The van der Waals surface area contributed by atoms with Gasteiger partial charge in [0.05, 0.1) is 23.0 Å². The van der Waals surface area contributed by atoms with Crippen LogP contribution in [0.5, 0.6) is 5.75 Å². The predicted molar refractivity (Wildman–Crippen MR) is 114 cm³/mol. The number of nitrogens with zero attached hydrogens (tertiary/aromatic N) is 2. The summed E-state index contributed by atoms with van der Waals surface area (Å²) in [7, 11) is 0. The minimum atomic E-state index is -0.676. The summed E-state index contributed by atoms with van der Waals surface area (Å²) in [6.07, 6.45) is 2.45. The fraction of sp³-hybridized carbons (Fsp3) is 0.500. The maximum absolute atomic E-state index is 12.7. The van der Waals surface area contributed by atoms with Gasteiger partial charge in [-0.3, -0.25) is 9.69 Å². The maximum atomic E-state index is 12.7. The molecule has 1 unspecified atom stereocenters. The molecule has 1 aliphatic rings. The van der Waals surface area contributed by atoms with Gasteiger partial charge in [-0.05, 0) is 43.4 Å². The summed E-state index contributed by atoms with van der Waals surface area (Å²) < 4.78 is 11.0. The second kappa shape index (κ2) is 9.39. The van der Waals surface area contributed by atoms with Gasteiger partial charge in [0, 0.05) is 10.9 Å². The van der Waals surface area contributed by atoms with Crippen molar-refractivity contribution in [3.05, 3.63) is 28.6 Å². The van der Waals surface area contributed by atoms with Crippen molar-refractivity contribution in [2.75, 3.05) is 18.1 Å². The van der Waals surface area contributed by atoms with Crippen molar-refractivity contribution in [3.63, 3.8) is 0 Å². The van der Waals surface area contributed by atoms with Crippen LogP contribution in [-0.2, 0) is 20.7 Å². The molecule has 0 N–H and O–H groups in total. The highest BCUT2D eigenvalue weighted by molar-refractivity contribution is 7.09. The summed E-state index contributed by atoms with van der Waals surface area (Å²) in [6.45, 7) is 8.22. The molecule has 0 fully saturated rings. The molecule has 1 atom stereocenters. The largest absolute Gasteiger partial charge is 0.482 e. The number of fused-ring (bicyclic) bond motifs is 1. The Bertz CT molecular complexity index is 877. The highest BCUT2D eigenvalue weighted by Gasteiger charge is 2.36. The molecule has 156 valence electrons. The summed E-state index contributed by atoms with van der Waals surface area (Å²) in [4.78, 5) is 31.6. The molecule has 29 heavy (non-hydrogen) atoms. The minimum Gasteiger partial charge on any atom is -0.482 e. The average molecular weight is 417 g/mol. The fourth-order valence-corrected chi connectivity index (χ4v) is 4.15. The zero-order valence-corrected chi connectivity index (χ0v) is 18.3. The standard InChI is InChI=1S/C22H28N2O4S/c1-5-7-20-23-16(13-29-20)15-8-9-19-18(10-15)24(21(25)12-27-19)17(6-2)22(26)28-11-14(3)4/h8-10,13-14,17H,5-7,11-12H2,1-4H3.